The Kier molecular flexibility index (Phi) is 11.4. The number of aromatic nitrogens is 1. The molecule has 0 bridgehead atoms. The van der Waals surface area contributed by atoms with Crippen LogP contribution in [0.2, 0.25) is 0 Å². The lowest BCUT2D eigenvalue weighted by Gasteiger charge is -2.08. The van der Waals surface area contributed by atoms with E-state index in [0.29, 0.717) is 17.4 Å². The van der Waals surface area contributed by atoms with Crippen molar-refractivity contribution in [2.45, 2.75) is 71.1 Å². The number of phenolic OH excluding ortho intramolecular Hbond substituents is 1. The maximum absolute atomic E-state index is 13.0. The Balaban J connectivity index is 1.60. The van der Waals surface area contributed by atoms with Crippen LogP contribution in [0.3, 0.4) is 0 Å². The van der Waals surface area contributed by atoms with Crippen molar-refractivity contribution >= 4 is 51.1 Å². The molecule has 0 unspecified atom stereocenters. The Hall–Kier alpha value is -2.95. The molecule has 0 aliphatic carbocycles. The standard InChI is InChI=1S/C28H35IN4O4/c1-2-3-4-5-6-7-8-9-10-11-18-30-28(37)33-24-17-14-21(29)19-23(24)25(27(33)36)31-32-26(35)20-12-15-22(34)16-13-20/h12-17,19,34,36H,2-11,18H2,1H3,(H,30,37). The van der Waals surface area contributed by atoms with E-state index in [1.807, 2.05) is 6.07 Å². The van der Waals surface area contributed by atoms with Gasteiger partial charge in [-0.25, -0.2) is 9.36 Å². The normalized spacial score (nSPS) is 11.4. The van der Waals surface area contributed by atoms with Crippen LogP contribution in [-0.2, 0) is 0 Å². The number of nitrogens with zero attached hydrogens (tertiary/aromatic N) is 3. The average molecular weight is 619 g/mol. The number of aromatic hydroxyl groups is 2. The molecule has 1 aromatic heterocycles. The van der Waals surface area contributed by atoms with Crippen LogP contribution in [0.5, 0.6) is 11.6 Å². The minimum atomic E-state index is -0.628. The van der Waals surface area contributed by atoms with Crippen LogP contribution in [0.4, 0.5) is 10.5 Å². The molecule has 9 heteroatoms. The van der Waals surface area contributed by atoms with E-state index in [-0.39, 0.29) is 22.9 Å². The molecule has 0 fully saturated rings. The van der Waals surface area contributed by atoms with E-state index in [4.69, 9.17) is 0 Å². The van der Waals surface area contributed by atoms with Crippen LogP contribution < -0.4 is 5.32 Å². The zero-order chi connectivity index (χ0) is 26.6. The molecule has 0 spiro atoms. The van der Waals surface area contributed by atoms with Gasteiger partial charge < -0.3 is 15.5 Å². The molecule has 0 atom stereocenters. The van der Waals surface area contributed by atoms with Gasteiger partial charge in [0.05, 0.1) is 5.52 Å². The molecule has 8 nitrogen and oxygen atoms in total. The van der Waals surface area contributed by atoms with E-state index < -0.39 is 11.9 Å². The summed E-state index contributed by atoms with van der Waals surface area (Å²) in [6.07, 6.45) is 12.1. The number of hydrogen-bond acceptors (Lipinski definition) is 5. The molecule has 198 valence electrons. The molecule has 0 saturated heterocycles. The number of nitrogens with one attached hydrogen (secondary N) is 1. The summed E-state index contributed by atoms with van der Waals surface area (Å²) in [5.74, 6) is -0.969. The number of phenols is 1. The third kappa shape index (κ3) is 8.28. The van der Waals surface area contributed by atoms with Crippen molar-refractivity contribution < 1.29 is 19.8 Å². The Bertz CT molecular complexity index is 1220. The van der Waals surface area contributed by atoms with Crippen molar-refractivity contribution in [3.8, 4) is 11.6 Å². The van der Waals surface area contributed by atoms with Gasteiger partial charge in [-0.3, -0.25) is 4.79 Å². The maximum Gasteiger partial charge on any atom is 0.328 e. The van der Waals surface area contributed by atoms with Crippen molar-refractivity contribution in [1.29, 1.82) is 0 Å². The summed E-state index contributed by atoms with van der Waals surface area (Å²) in [4.78, 5) is 25.4. The molecule has 0 radical (unpaired) electrons. The SMILES string of the molecule is CCCCCCCCCCCCNC(=O)n1c(O)c(N=NC(=O)c2ccc(O)cc2)c2cc(I)ccc21. The van der Waals surface area contributed by atoms with E-state index >= 15 is 0 Å². The lowest BCUT2D eigenvalue weighted by Crippen LogP contribution is -2.29. The summed E-state index contributed by atoms with van der Waals surface area (Å²) in [6.45, 7) is 2.74. The number of benzene rings is 2. The van der Waals surface area contributed by atoms with Gasteiger partial charge in [-0.05, 0) is 71.5 Å². The minimum Gasteiger partial charge on any atom is -0.508 e. The highest BCUT2D eigenvalue weighted by Gasteiger charge is 2.22. The third-order valence-corrected chi connectivity index (χ3v) is 6.91. The van der Waals surface area contributed by atoms with Crippen LogP contribution in [0.25, 0.3) is 10.9 Å². The zero-order valence-electron chi connectivity index (χ0n) is 21.3. The predicted octanol–water partition coefficient (Wildman–Crippen LogP) is 8.06. The molecule has 37 heavy (non-hydrogen) atoms. The number of hydrogen-bond donors (Lipinski definition) is 3. The average Bonchev–Trinajstić information content (AvgIpc) is 3.16. The second-order valence-corrected chi connectivity index (χ2v) is 10.4. The second-order valence-electron chi connectivity index (χ2n) is 9.14. The Labute approximate surface area is 231 Å². The minimum absolute atomic E-state index is 0.0348. The summed E-state index contributed by atoms with van der Waals surface area (Å²) in [5, 5.41) is 31.4. The summed E-state index contributed by atoms with van der Waals surface area (Å²) in [6, 6.07) is 10.5. The van der Waals surface area contributed by atoms with Crippen molar-refractivity contribution in [3.63, 3.8) is 0 Å². The number of fused-ring (bicyclic) bond motifs is 1. The van der Waals surface area contributed by atoms with E-state index in [9.17, 15) is 19.8 Å². The fourth-order valence-corrected chi connectivity index (χ4v) is 4.67. The van der Waals surface area contributed by atoms with Crippen molar-refractivity contribution in [2.75, 3.05) is 6.54 Å². The smallest absolute Gasteiger partial charge is 0.328 e. The van der Waals surface area contributed by atoms with E-state index in [0.717, 1.165) is 22.8 Å². The van der Waals surface area contributed by atoms with Gasteiger partial charge in [0, 0.05) is 21.1 Å². The van der Waals surface area contributed by atoms with Crippen molar-refractivity contribution in [2.24, 2.45) is 10.2 Å². The van der Waals surface area contributed by atoms with Gasteiger partial charge in [0.2, 0.25) is 5.88 Å². The first kappa shape index (κ1) is 28.6. The van der Waals surface area contributed by atoms with E-state index in [1.165, 1.54) is 73.8 Å². The number of halogens is 1. The lowest BCUT2D eigenvalue weighted by atomic mass is 10.1. The first-order valence-electron chi connectivity index (χ1n) is 13.0. The third-order valence-electron chi connectivity index (χ3n) is 6.24. The zero-order valence-corrected chi connectivity index (χ0v) is 23.4. The highest BCUT2D eigenvalue weighted by Crippen LogP contribution is 2.39. The topological polar surface area (TPSA) is 116 Å². The van der Waals surface area contributed by atoms with Gasteiger partial charge in [0.1, 0.15) is 5.75 Å². The molecule has 1 heterocycles. The van der Waals surface area contributed by atoms with Crippen LogP contribution in [0.15, 0.2) is 52.7 Å². The van der Waals surface area contributed by atoms with Crippen molar-refractivity contribution in [1.82, 2.24) is 9.88 Å². The number of amides is 2. The Morgan fingerprint density at radius 2 is 1.51 bits per heavy atom. The highest BCUT2D eigenvalue weighted by atomic mass is 127. The number of carbonyl (C=O) groups excluding carboxylic acids is 2. The molecule has 0 aliphatic heterocycles. The molecule has 0 saturated carbocycles. The fourth-order valence-electron chi connectivity index (χ4n) is 4.18. The van der Waals surface area contributed by atoms with E-state index in [1.54, 1.807) is 12.1 Å². The first-order valence-corrected chi connectivity index (χ1v) is 14.1. The molecular weight excluding hydrogens is 583 g/mol. The van der Waals surface area contributed by atoms with Crippen LogP contribution >= 0.6 is 22.6 Å². The molecule has 3 rings (SSSR count). The summed E-state index contributed by atoms with van der Waals surface area (Å²) in [5.41, 5.74) is 0.771. The largest absolute Gasteiger partial charge is 0.508 e. The molecule has 0 aliphatic rings. The fraction of sp³-hybridized carbons (Fsp3) is 0.429. The molecular formula is C28H35IN4O4. The van der Waals surface area contributed by atoms with Crippen LogP contribution in [-0.4, -0.2) is 33.3 Å². The van der Waals surface area contributed by atoms with Crippen molar-refractivity contribution in [3.05, 3.63) is 51.6 Å². The Morgan fingerprint density at radius 1 is 0.892 bits per heavy atom. The van der Waals surface area contributed by atoms with E-state index in [2.05, 4.69) is 45.1 Å². The number of rotatable bonds is 13. The molecule has 2 amide bonds. The highest BCUT2D eigenvalue weighted by molar-refractivity contribution is 14.1. The lowest BCUT2D eigenvalue weighted by molar-refractivity contribution is 0.0995. The first-order chi connectivity index (χ1) is 17.9. The van der Waals surface area contributed by atoms with Gasteiger partial charge in [-0.2, -0.15) is 0 Å². The monoisotopic (exact) mass is 618 g/mol. The summed E-state index contributed by atoms with van der Waals surface area (Å²) >= 11 is 2.13. The molecule has 3 N–H and O–H groups in total. The van der Waals surface area contributed by atoms with Gasteiger partial charge in [-0.15, -0.1) is 10.2 Å². The quantitative estimate of drug-likeness (QED) is 0.102. The second kappa shape index (κ2) is 14.7. The van der Waals surface area contributed by atoms with Gasteiger partial charge >= 0.3 is 6.03 Å². The predicted molar refractivity (Wildman–Crippen MR) is 154 cm³/mol. The Morgan fingerprint density at radius 3 is 2.16 bits per heavy atom. The molecule has 3 aromatic rings. The van der Waals surface area contributed by atoms with Gasteiger partial charge in [-0.1, -0.05) is 64.7 Å². The number of azo groups is 1. The van der Waals surface area contributed by atoms with Crippen LogP contribution in [0.1, 0.15) is 81.5 Å². The van der Waals surface area contributed by atoms with Gasteiger partial charge in [0.25, 0.3) is 5.91 Å². The summed E-state index contributed by atoms with van der Waals surface area (Å²) < 4.78 is 2.05. The number of carbonyl (C=O) groups is 2. The van der Waals surface area contributed by atoms with Gasteiger partial charge in [0.15, 0.2) is 5.69 Å². The number of unbranched alkanes of at least 4 members (excludes halogenated alkanes) is 9. The summed E-state index contributed by atoms with van der Waals surface area (Å²) in [7, 11) is 0. The van der Waals surface area contributed by atoms with Crippen LogP contribution in [0, 0.1) is 3.57 Å². The maximum atomic E-state index is 13.0. The molecule has 2 aromatic carbocycles.